The van der Waals surface area contributed by atoms with E-state index in [1.807, 2.05) is 6.07 Å². The molecule has 1 heterocycles. The maximum atomic E-state index is 11.1. The van der Waals surface area contributed by atoms with Gasteiger partial charge in [-0.2, -0.15) is 0 Å². The van der Waals surface area contributed by atoms with Crippen molar-refractivity contribution in [1.82, 2.24) is 4.90 Å². The lowest BCUT2D eigenvalue weighted by Gasteiger charge is -2.31. The van der Waals surface area contributed by atoms with Crippen LogP contribution in [0.15, 0.2) is 18.2 Å². The highest BCUT2D eigenvalue weighted by molar-refractivity contribution is 14.1. The predicted molar refractivity (Wildman–Crippen MR) is 90.6 cm³/mol. The maximum Gasteiger partial charge on any atom is 0.293 e. The second kappa shape index (κ2) is 7.90. The number of nitrogens with zero attached hydrogens (tertiary/aromatic N) is 2. The van der Waals surface area contributed by atoms with Crippen LogP contribution in [0.25, 0.3) is 0 Å². The van der Waals surface area contributed by atoms with Gasteiger partial charge >= 0.3 is 0 Å². The molecule has 0 unspecified atom stereocenters. The van der Waals surface area contributed by atoms with Gasteiger partial charge in [0, 0.05) is 22.7 Å². The van der Waals surface area contributed by atoms with Gasteiger partial charge in [-0.05, 0) is 66.6 Å². The summed E-state index contributed by atoms with van der Waals surface area (Å²) >= 11 is 2.08. The molecule has 116 valence electrons. The summed E-state index contributed by atoms with van der Waals surface area (Å²) in [4.78, 5) is 13.0. The summed E-state index contributed by atoms with van der Waals surface area (Å²) in [6.07, 6.45) is 2.12. The van der Waals surface area contributed by atoms with E-state index in [0.717, 1.165) is 42.6 Å². The lowest BCUT2D eigenvalue weighted by molar-refractivity contribution is -0.384. The number of nitrogens with one attached hydrogen (secondary N) is 1. The average molecular weight is 405 g/mol. The molecule has 1 aromatic carbocycles. The first-order valence-corrected chi connectivity index (χ1v) is 8.19. The molecule has 0 aromatic heterocycles. The van der Waals surface area contributed by atoms with E-state index in [4.69, 9.17) is 5.11 Å². The maximum absolute atomic E-state index is 11.1. The number of likely N-dealkylation sites (tertiary alicyclic amines) is 1. The fourth-order valence-electron chi connectivity index (χ4n) is 2.62. The molecule has 0 saturated carbocycles. The number of benzene rings is 1. The number of aliphatic hydroxyl groups is 1. The van der Waals surface area contributed by atoms with E-state index in [0.29, 0.717) is 11.6 Å². The Morgan fingerprint density at radius 2 is 2.14 bits per heavy atom. The van der Waals surface area contributed by atoms with Crippen molar-refractivity contribution in [3.05, 3.63) is 31.9 Å². The quantitative estimate of drug-likeness (QED) is 0.432. The van der Waals surface area contributed by atoms with Gasteiger partial charge in [0.2, 0.25) is 0 Å². The molecule has 0 aliphatic carbocycles. The molecule has 7 heteroatoms. The van der Waals surface area contributed by atoms with E-state index in [1.54, 1.807) is 12.1 Å². The van der Waals surface area contributed by atoms with Crippen LogP contribution in [0.1, 0.15) is 12.8 Å². The highest BCUT2D eigenvalue weighted by Gasteiger charge is 2.20. The summed E-state index contributed by atoms with van der Waals surface area (Å²) < 4.78 is 0.863. The zero-order chi connectivity index (χ0) is 15.2. The number of nitro groups is 1. The van der Waals surface area contributed by atoms with E-state index in [-0.39, 0.29) is 17.2 Å². The first-order chi connectivity index (χ1) is 10.1. The number of anilines is 1. The van der Waals surface area contributed by atoms with Gasteiger partial charge < -0.3 is 15.3 Å². The molecule has 0 amide bonds. The molecule has 1 aliphatic rings. The number of β-amino-alcohol motifs (C(OH)–C–C–N with tert-alkyl or cyclic N) is 1. The third kappa shape index (κ3) is 4.79. The minimum atomic E-state index is -0.339. The number of aliphatic hydroxyl groups excluding tert-OH is 1. The lowest BCUT2D eigenvalue weighted by atomic mass is 9.96. The van der Waals surface area contributed by atoms with Crippen LogP contribution in [0.4, 0.5) is 11.4 Å². The topological polar surface area (TPSA) is 78.6 Å². The van der Waals surface area contributed by atoms with E-state index in [2.05, 4.69) is 32.8 Å². The minimum absolute atomic E-state index is 0.139. The van der Waals surface area contributed by atoms with Crippen molar-refractivity contribution in [3.63, 3.8) is 0 Å². The molecule has 0 radical (unpaired) electrons. The van der Waals surface area contributed by atoms with Crippen molar-refractivity contribution in [2.45, 2.75) is 12.8 Å². The van der Waals surface area contributed by atoms with Crippen molar-refractivity contribution in [1.29, 1.82) is 0 Å². The molecule has 2 rings (SSSR count). The highest BCUT2D eigenvalue weighted by atomic mass is 127. The normalized spacial score (nSPS) is 16.9. The number of piperidine rings is 1. The first kappa shape index (κ1) is 16.4. The van der Waals surface area contributed by atoms with E-state index < -0.39 is 0 Å². The molecule has 1 fully saturated rings. The van der Waals surface area contributed by atoms with Crippen LogP contribution >= 0.6 is 22.6 Å². The zero-order valence-electron chi connectivity index (χ0n) is 11.8. The second-order valence-electron chi connectivity index (χ2n) is 5.31. The van der Waals surface area contributed by atoms with Crippen LogP contribution in [0.5, 0.6) is 0 Å². The molecule has 2 N–H and O–H groups in total. The average Bonchev–Trinajstić information content (AvgIpc) is 2.47. The van der Waals surface area contributed by atoms with Gasteiger partial charge in [-0.3, -0.25) is 10.1 Å². The minimum Gasteiger partial charge on any atom is -0.395 e. The Morgan fingerprint density at radius 1 is 1.43 bits per heavy atom. The number of nitro benzene ring substituents is 1. The monoisotopic (exact) mass is 405 g/mol. The van der Waals surface area contributed by atoms with Gasteiger partial charge in [0.05, 0.1) is 11.5 Å². The van der Waals surface area contributed by atoms with Crippen LogP contribution in [0.2, 0.25) is 0 Å². The largest absolute Gasteiger partial charge is 0.395 e. The number of hydrogen-bond acceptors (Lipinski definition) is 5. The van der Waals surface area contributed by atoms with Gasteiger partial charge in [-0.25, -0.2) is 0 Å². The Hall–Kier alpha value is -0.930. The van der Waals surface area contributed by atoms with Crippen LogP contribution in [-0.2, 0) is 0 Å². The Kier molecular flexibility index (Phi) is 6.19. The third-order valence-corrected chi connectivity index (χ3v) is 4.53. The third-order valence-electron chi connectivity index (χ3n) is 3.86. The van der Waals surface area contributed by atoms with Crippen LogP contribution in [-0.4, -0.2) is 47.7 Å². The van der Waals surface area contributed by atoms with Gasteiger partial charge in [-0.1, -0.05) is 0 Å². The van der Waals surface area contributed by atoms with Crippen LogP contribution < -0.4 is 5.32 Å². The van der Waals surface area contributed by atoms with E-state index in [1.165, 1.54) is 0 Å². The fraction of sp³-hybridized carbons (Fsp3) is 0.571. The standard InChI is InChI=1S/C14H20IN3O3/c15-12-1-2-13(14(9-12)18(20)21)16-10-11-3-5-17(6-4-11)7-8-19/h1-2,9,11,16,19H,3-8,10H2. The Labute approximate surface area is 137 Å². The van der Waals surface area contributed by atoms with Gasteiger partial charge in [0.25, 0.3) is 5.69 Å². The highest BCUT2D eigenvalue weighted by Crippen LogP contribution is 2.27. The lowest BCUT2D eigenvalue weighted by Crippen LogP contribution is -2.37. The Morgan fingerprint density at radius 3 is 2.76 bits per heavy atom. The van der Waals surface area contributed by atoms with Crippen molar-refractivity contribution in [2.75, 3.05) is 38.1 Å². The van der Waals surface area contributed by atoms with Crippen molar-refractivity contribution >= 4 is 34.0 Å². The summed E-state index contributed by atoms with van der Waals surface area (Å²) in [5, 5.41) is 23.2. The molecule has 0 spiro atoms. The molecule has 6 nitrogen and oxygen atoms in total. The number of halogens is 1. The van der Waals surface area contributed by atoms with Gasteiger partial charge in [-0.15, -0.1) is 0 Å². The summed E-state index contributed by atoms with van der Waals surface area (Å²) in [6.45, 7) is 3.68. The van der Waals surface area contributed by atoms with Crippen molar-refractivity contribution in [2.24, 2.45) is 5.92 Å². The zero-order valence-corrected chi connectivity index (χ0v) is 14.0. The second-order valence-corrected chi connectivity index (χ2v) is 6.55. The predicted octanol–water partition coefficient (Wildman–Crippen LogP) is 2.32. The van der Waals surface area contributed by atoms with E-state index >= 15 is 0 Å². The molecular formula is C14H20IN3O3. The number of hydrogen-bond donors (Lipinski definition) is 2. The SMILES string of the molecule is O=[N+]([O-])c1cc(I)ccc1NCC1CCN(CCO)CC1. The Bertz CT molecular complexity index is 490. The van der Waals surface area contributed by atoms with Gasteiger partial charge in [0.1, 0.15) is 5.69 Å². The van der Waals surface area contributed by atoms with Crippen LogP contribution in [0.3, 0.4) is 0 Å². The fourth-order valence-corrected chi connectivity index (χ4v) is 3.09. The van der Waals surface area contributed by atoms with Crippen LogP contribution in [0, 0.1) is 19.6 Å². The molecule has 0 bridgehead atoms. The van der Waals surface area contributed by atoms with E-state index in [9.17, 15) is 10.1 Å². The summed E-state index contributed by atoms with van der Waals surface area (Å²) in [6, 6.07) is 5.24. The molecule has 0 atom stereocenters. The smallest absolute Gasteiger partial charge is 0.293 e. The molecule has 1 aliphatic heterocycles. The molecule has 1 saturated heterocycles. The van der Waals surface area contributed by atoms with Crippen molar-refractivity contribution in [3.8, 4) is 0 Å². The molecular weight excluding hydrogens is 385 g/mol. The Balaban J connectivity index is 1.88. The van der Waals surface area contributed by atoms with Gasteiger partial charge in [0.15, 0.2) is 0 Å². The summed E-state index contributed by atoms with van der Waals surface area (Å²) in [7, 11) is 0. The summed E-state index contributed by atoms with van der Waals surface area (Å²) in [5.41, 5.74) is 0.734. The number of rotatable bonds is 6. The molecule has 1 aromatic rings. The molecule has 21 heavy (non-hydrogen) atoms. The van der Waals surface area contributed by atoms with Crippen molar-refractivity contribution < 1.29 is 10.0 Å². The first-order valence-electron chi connectivity index (χ1n) is 7.11. The summed E-state index contributed by atoms with van der Waals surface area (Å²) in [5.74, 6) is 0.527.